The van der Waals surface area contributed by atoms with Gasteiger partial charge in [-0.3, -0.25) is 0 Å². The number of likely N-dealkylation sites (N-methyl/N-ethyl adjacent to an activating group) is 1. The van der Waals surface area contributed by atoms with Crippen molar-refractivity contribution in [3.05, 3.63) is 29.3 Å². The predicted molar refractivity (Wildman–Crippen MR) is 67.4 cm³/mol. The Bertz CT molecular complexity index is 575. The minimum Gasteiger partial charge on any atom is -0.395 e. The van der Waals surface area contributed by atoms with Gasteiger partial charge in [0.2, 0.25) is 10.0 Å². The summed E-state index contributed by atoms with van der Waals surface area (Å²) in [5, 5.41) is 17.8. The molecular formula is C12H16N2O3S. The number of sulfonamides is 1. The lowest BCUT2D eigenvalue weighted by atomic mass is 10.2. The molecule has 0 aliphatic carbocycles. The van der Waals surface area contributed by atoms with Gasteiger partial charge in [-0.2, -0.15) is 9.57 Å². The molecule has 6 heteroatoms. The standard InChI is InChI=1S/C12H16N2O3S/c1-9-6-11(7-13)4-5-12(9)18(16,17)14(3)10(2)8-15/h4-6,10,15H,8H2,1-3H3. The molecule has 0 aliphatic rings. The molecule has 0 aromatic heterocycles. The summed E-state index contributed by atoms with van der Waals surface area (Å²) in [6.45, 7) is 3.02. The van der Waals surface area contributed by atoms with Crippen molar-refractivity contribution in [2.75, 3.05) is 13.7 Å². The Hall–Kier alpha value is -1.42. The van der Waals surface area contributed by atoms with E-state index in [9.17, 15) is 8.42 Å². The van der Waals surface area contributed by atoms with Gasteiger partial charge in [-0.1, -0.05) is 0 Å². The molecule has 0 saturated carbocycles. The summed E-state index contributed by atoms with van der Waals surface area (Å²) in [6, 6.07) is 5.89. The van der Waals surface area contributed by atoms with Crippen LogP contribution in [0.2, 0.25) is 0 Å². The van der Waals surface area contributed by atoms with Crippen LogP contribution in [-0.2, 0) is 10.0 Å². The molecule has 1 aromatic carbocycles. The van der Waals surface area contributed by atoms with Gasteiger partial charge in [0.15, 0.2) is 0 Å². The van der Waals surface area contributed by atoms with E-state index in [-0.39, 0.29) is 11.5 Å². The van der Waals surface area contributed by atoms with E-state index in [1.54, 1.807) is 13.8 Å². The van der Waals surface area contributed by atoms with Gasteiger partial charge >= 0.3 is 0 Å². The zero-order valence-corrected chi connectivity index (χ0v) is 11.4. The van der Waals surface area contributed by atoms with Crippen LogP contribution in [0.4, 0.5) is 0 Å². The first-order chi connectivity index (χ1) is 8.34. The molecule has 0 amide bonds. The second kappa shape index (κ2) is 5.48. The molecule has 98 valence electrons. The summed E-state index contributed by atoms with van der Waals surface area (Å²) in [7, 11) is -2.22. The average Bonchev–Trinajstić information content (AvgIpc) is 2.36. The number of hydrogen-bond acceptors (Lipinski definition) is 4. The first-order valence-electron chi connectivity index (χ1n) is 5.44. The Morgan fingerprint density at radius 1 is 1.50 bits per heavy atom. The second-order valence-electron chi connectivity index (χ2n) is 4.14. The van der Waals surface area contributed by atoms with Crippen LogP contribution < -0.4 is 0 Å². The third kappa shape index (κ3) is 2.70. The van der Waals surface area contributed by atoms with Gasteiger partial charge < -0.3 is 5.11 Å². The summed E-state index contributed by atoms with van der Waals surface area (Å²) >= 11 is 0. The largest absolute Gasteiger partial charge is 0.395 e. The third-order valence-electron chi connectivity index (χ3n) is 2.85. The Labute approximate surface area is 107 Å². The number of hydrogen-bond donors (Lipinski definition) is 1. The van der Waals surface area contributed by atoms with Crippen LogP contribution in [0, 0.1) is 18.3 Å². The number of nitrogens with zero attached hydrogens (tertiary/aromatic N) is 2. The SMILES string of the molecule is Cc1cc(C#N)ccc1S(=O)(=O)N(C)C(C)CO. The average molecular weight is 268 g/mol. The fourth-order valence-corrected chi connectivity index (χ4v) is 3.07. The monoisotopic (exact) mass is 268 g/mol. The van der Waals surface area contributed by atoms with E-state index in [1.165, 1.54) is 25.2 Å². The van der Waals surface area contributed by atoms with Crippen LogP contribution in [0.5, 0.6) is 0 Å². The number of aliphatic hydroxyl groups is 1. The smallest absolute Gasteiger partial charge is 0.243 e. The molecule has 0 fully saturated rings. The lowest BCUT2D eigenvalue weighted by Gasteiger charge is -2.23. The van der Waals surface area contributed by atoms with Gasteiger partial charge in [0.05, 0.1) is 23.1 Å². The van der Waals surface area contributed by atoms with Crippen molar-refractivity contribution in [3.8, 4) is 6.07 Å². The lowest BCUT2D eigenvalue weighted by Crippen LogP contribution is -2.37. The number of benzene rings is 1. The molecular weight excluding hydrogens is 252 g/mol. The van der Waals surface area contributed by atoms with Gasteiger partial charge in [0.1, 0.15) is 0 Å². The topological polar surface area (TPSA) is 81.4 Å². The zero-order valence-electron chi connectivity index (χ0n) is 10.6. The molecule has 0 bridgehead atoms. The van der Waals surface area contributed by atoms with E-state index in [4.69, 9.17) is 10.4 Å². The summed E-state index contributed by atoms with van der Waals surface area (Å²) in [4.78, 5) is 0.157. The van der Waals surface area contributed by atoms with Crippen LogP contribution in [0.3, 0.4) is 0 Å². The third-order valence-corrected chi connectivity index (χ3v) is 4.98. The number of aryl methyl sites for hydroxylation is 1. The number of rotatable bonds is 4. The molecule has 0 heterocycles. The molecule has 0 saturated heterocycles. The molecule has 5 nitrogen and oxygen atoms in total. The predicted octanol–water partition coefficient (Wildman–Crippen LogP) is 0.868. The van der Waals surface area contributed by atoms with Crippen LogP contribution in [0.1, 0.15) is 18.1 Å². The Morgan fingerprint density at radius 3 is 2.56 bits per heavy atom. The van der Waals surface area contributed by atoms with Crippen molar-refractivity contribution in [3.63, 3.8) is 0 Å². The van der Waals surface area contributed by atoms with Crippen molar-refractivity contribution in [2.24, 2.45) is 0 Å². The Balaban J connectivity index is 3.26. The van der Waals surface area contributed by atoms with E-state index >= 15 is 0 Å². The van der Waals surface area contributed by atoms with Crippen molar-refractivity contribution in [1.29, 1.82) is 5.26 Å². The minimum absolute atomic E-state index is 0.157. The highest BCUT2D eigenvalue weighted by Crippen LogP contribution is 2.21. The molecule has 0 radical (unpaired) electrons. The van der Waals surface area contributed by atoms with E-state index < -0.39 is 16.1 Å². The highest BCUT2D eigenvalue weighted by molar-refractivity contribution is 7.89. The molecule has 1 aromatic rings. The highest BCUT2D eigenvalue weighted by Gasteiger charge is 2.26. The maximum atomic E-state index is 12.3. The van der Waals surface area contributed by atoms with E-state index in [2.05, 4.69) is 0 Å². The summed E-state index contributed by atoms with van der Waals surface area (Å²) in [6.07, 6.45) is 0. The fraction of sp³-hybridized carbons (Fsp3) is 0.417. The Kier molecular flexibility index (Phi) is 4.46. The van der Waals surface area contributed by atoms with E-state index in [0.717, 1.165) is 4.31 Å². The molecule has 0 spiro atoms. The van der Waals surface area contributed by atoms with Crippen molar-refractivity contribution in [1.82, 2.24) is 4.31 Å². The lowest BCUT2D eigenvalue weighted by molar-refractivity contribution is 0.214. The highest BCUT2D eigenvalue weighted by atomic mass is 32.2. The zero-order chi connectivity index (χ0) is 13.9. The van der Waals surface area contributed by atoms with Gasteiger partial charge in [-0.15, -0.1) is 0 Å². The van der Waals surface area contributed by atoms with Gasteiger partial charge in [-0.25, -0.2) is 8.42 Å². The summed E-state index contributed by atoms with van der Waals surface area (Å²) in [5.74, 6) is 0. The molecule has 1 atom stereocenters. The summed E-state index contributed by atoms with van der Waals surface area (Å²) < 4.78 is 25.7. The fourth-order valence-electron chi connectivity index (χ4n) is 1.52. The van der Waals surface area contributed by atoms with Crippen molar-refractivity contribution >= 4 is 10.0 Å². The van der Waals surface area contributed by atoms with Gasteiger partial charge in [0, 0.05) is 13.1 Å². The normalized spacial score (nSPS) is 13.3. The Morgan fingerprint density at radius 2 is 2.11 bits per heavy atom. The van der Waals surface area contributed by atoms with Crippen molar-refractivity contribution in [2.45, 2.75) is 24.8 Å². The quantitative estimate of drug-likeness (QED) is 0.878. The van der Waals surface area contributed by atoms with E-state index in [1.807, 2.05) is 6.07 Å². The van der Waals surface area contributed by atoms with E-state index in [0.29, 0.717) is 11.1 Å². The molecule has 1 rings (SSSR count). The van der Waals surface area contributed by atoms with Crippen LogP contribution >= 0.6 is 0 Å². The van der Waals surface area contributed by atoms with Crippen LogP contribution in [0.15, 0.2) is 23.1 Å². The second-order valence-corrected chi connectivity index (χ2v) is 6.11. The maximum absolute atomic E-state index is 12.3. The molecule has 0 aliphatic heterocycles. The first kappa shape index (κ1) is 14.6. The maximum Gasteiger partial charge on any atom is 0.243 e. The minimum atomic E-state index is -3.64. The van der Waals surface area contributed by atoms with Crippen LogP contribution in [-0.4, -0.2) is 37.5 Å². The molecule has 18 heavy (non-hydrogen) atoms. The van der Waals surface area contributed by atoms with Gasteiger partial charge in [-0.05, 0) is 37.6 Å². The number of nitriles is 1. The molecule has 1 N–H and O–H groups in total. The van der Waals surface area contributed by atoms with Gasteiger partial charge in [0.25, 0.3) is 0 Å². The molecule has 1 unspecified atom stereocenters. The summed E-state index contributed by atoms with van der Waals surface area (Å²) in [5.41, 5.74) is 0.940. The van der Waals surface area contributed by atoms with Crippen molar-refractivity contribution < 1.29 is 13.5 Å². The van der Waals surface area contributed by atoms with Crippen LogP contribution in [0.25, 0.3) is 0 Å². The number of aliphatic hydroxyl groups excluding tert-OH is 1. The first-order valence-corrected chi connectivity index (χ1v) is 6.88.